The third kappa shape index (κ3) is 4.92. The predicted octanol–water partition coefficient (Wildman–Crippen LogP) is 3.99. The van der Waals surface area contributed by atoms with Crippen LogP contribution in [0.4, 0.5) is 0 Å². The van der Waals surface area contributed by atoms with Gasteiger partial charge in [0.25, 0.3) is 0 Å². The number of hydrogen-bond donors (Lipinski definition) is 1. The number of nitrogens with zero attached hydrogens (tertiary/aromatic N) is 1. The minimum Gasteiger partial charge on any atom is -0.310 e. The van der Waals surface area contributed by atoms with Crippen LogP contribution < -0.4 is 5.32 Å². The average Bonchev–Trinajstić information content (AvgIpc) is 2.37. The van der Waals surface area contributed by atoms with Crippen molar-refractivity contribution in [3.05, 3.63) is 34.4 Å². The van der Waals surface area contributed by atoms with Crippen molar-refractivity contribution in [2.45, 2.75) is 54.0 Å². The van der Waals surface area contributed by atoms with Crippen LogP contribution in [0.25, 0.3) is 0 Å². The van der Waals surface area contributed by atoms with Gasteiger partial charge in [-0.2, -0.15) is 0 Å². The van der Waals surface area contributed by atoms with E-state index < -0.39 is 0 Å². The third-order valence-electron chi connectivity index (χ3n) is 4.17. The second-order valence-corrected chi connectivity index (χ2v) is 5.87. The molecule has 1 aromatic rings. The molecule has 0 aliphatic heterocycles. The molecule has 0 fully saturated rings. The zero-order valence-electron chi connectivity index (χ0n) is 14.2. The van der Waals surface area contributed by atoms with Crippen molar-refractivity contribution in [1.29, 1.82) is 0 Å². The SMILES string of the molecule is CCN(CC)CCCNC(C)c1c(C)cc(C)cc1C. The van der Waals surface area contributed by atoms with Gasteiger partial charge in [0.05, 0.1) is 0 Å². The van der Waals surface area contributed by atoms with Crippen LogP contribution in [-0.4, -0.2) is 31.1 Å². The number of benzene rings is 1. The summed E-state index contributed by atoms with van der Waals surface area (Å²) in [5.41, 5.74) is 5.65. The summed E-state index contributed by atoms with van der Waals surface area (Å²) in [5, 5.41) is 3.68. The molecule has 2 heteroatoms. The lowest BCUT2D eigenvalue weighted by atomic mass is 9.95. The summed E-state index contributed by atoms with van der Waals surface area (Å²) in [5.74, 6) is 0. The lowest BCUT2D eigenvalue weighted by molar-refractivity contribution is 0.296. The lowest BCUT2D eigenvalue weighted by Crippen LogP contribution is -2.28. The van der Waals surface area contributed by atoms with Gasteiger partial charge in [0.15, 0.2) is 0 Å². The van der Waals surface area contributed by atoms with E-state index in [0.29, 0.717) is 6.04 Å². The van der Waals surface area contributed by atoms with E-state index in [1.54, 1.807) is 0 Å². The van der Waals surface area contributed by atoms with E-state index in [1.807, 2.05) is 0 Å². The maximum atomic E-state index is 3.68. The van der Waals surface area contributed by atoms with Crippen molar-refractivity contribution in [1.82, 2.24) is 10.2 Å². The Morgan fingerprint density at radius 2 is 1.60 bits per heavy atom. The standard InChI is InChI=1S/C18H32N2/c1-7-20(8-2)11-9-10-19-17(6)18-15(4)12-14(3)13-16(18)5/h12-13,17,19H,7-11H2,1-6H3. The molecule has 0 saturated heterocycles. The van der Waals surface area contributed by atoms with Crippen LogP contribution in [0.2, 0.25) is 0 Å². The molecule has 1 aromatic carbocycles. The van der Waals surface area contributed by atoms with Crippen LogP contribution in [0, 0.1) is 20.8 Å². The highest BCUT2D eigenvalue weighted by Gasteiger charge is 2.11. The monoisotopic (exact) mass is 276 g/mol. The van der Waals surface area contributed by atoms with Crippen LogP contribution in [0.1, 0.15) is 55.5 Å². The zero-order valence-corrected chi connectivity index (χ0v) is 14.2. The van der Waals surface area contributed by atoms with Gasteiger partial charge in [0, 0.05) is 6.04 Å². The van der Waals surface area contributed by atoms with Crippen molar-refractivity contribution < 1.29 is 0 Å². The van der Waals surface area contributed by atoms with Crippen LogP contribution in [0.15, 0.2) is 12.1 Å². The number of hydrogen-bond acceptors (Lipinski definition) is 2. The molecule has 20 heavy (non-hydrogen) atoms. The largest absolute Gasteiger partial charge is 0.310 e. The topological polar surface area (TPSA) is 15.3 Å². The number of aryl methyl sites for hydroxylation is 3. The third-order valence-corrected chi connectivity index (χ3v) is 4.17. The van der Waals surface area contributed by atoms with E-state index in [4.69, 9.17) is 0 Å². The van der Waals surface area contributed by atoms with Gasteiger partial charge in [-0.15, -0.1) is 0 Å². The van der Waals surface area contributed by atoms with Crippen molar-refractivity contribution >= 4 is 0 Å². The van der Waals surface area contributed by atoms with Gasteiger partial charge in [-0.05, 0) is 77.0 Å². The first-order valence-corrected chi connectivity index (χ1v) is 8.03. The second-order valence-electron chi connectivity index (χ2n) is 5.87. The molecule has 0 bridgehead atoms. The molecule has 1 N–H and O–H groups in total. The maximum absolute atomic E-state index is 3.68. The molecule has 1 unspecified atom stereocenters. The number of nitrogens with one attached hydrogen (secondary N) is 1. The highest BCUT2D eigenvalue weighted by Crippen LogP contribution is 2.23. The molecule has 1 atom stereocenters. The molecular weight excluding hydrogens is 244 g/mol. The van der Waals surface area contributed by atoms with Crippen LogP contribution in [-0.2, 0) is 0 Å². The maximum Gasteiger partial charge on any atom is 0.0297 e. The molecule has 0 amide bonds. The van der Waals surface area contributed by atoms with Crippen molar-refractivity contribution in [3.8, 4) is 0 Å². The first-order valence-electron chi connectivity index (χ1n) is 8.03. The molecule has 1 rings (SSSR count). The minimum absolute atomic E-state index is 0.437. The van der Waals surface area contributed by atoms with Gasteiger partial charge >= 0.3 is 0 Å². The Balaban J connectivity index is 2.49. The highest BCUT2D eigenvalue weighted by molar-refractivity contribution is 5.39. The molecule has 0 heterocycles. The Labute approximate surface area is 125 Å². The fraction of sp³-hybridized carbons (Fsp3) is 0.667. The predicted molar refractivity (Wildman–Crippen MR) is 89.5 cm³/mol. The molecule has 0 spiro atoms. The molecular formula is C18H32N2. The highest BCUT2D eigenvalue weighted by atomic mass is 15.1. The van der Waals surface area contributed by atoms with E-state index in [9.17, 15) is 0 Å². The van der Waals surface area contributed by atoms with Crippen LogP contribution in [0.5, 0.6) is 0 Å². The van der Waals surface area contributed by atoms with E-state index in [-0.39, 0.29) is 0 Å². The summed E-state index contributed by atoms with van der Waals surface area (Å²) in [6.07, 6.45) is 1.22. The van der Waals surface area contributed by atoms with E-state index >= 15 is 0 Å². The van der Waals surface area contributed by atoms with Gasteiger partial charge in [-0.3, -0.25) is 0 Å². The minimum atomic E-state index is 0.437. The molecule has 2 nitrogen and oxygen atoms in total. The molecule has 0 aromatic heterocycles. The second kappa shape index (κ2) is 8.43. The van der Waals surface area contributed by atoms with Gasteiger partial charge in [0.2, 0.25) is 0 Å². The summed E-state index contributed by atoms with van der Waals surface area (Å²) in [6, 6.07) is 5.01. The normalized spacial score (nSPS) is 12.9. The molecule has 0 saturated carbocycles. The van der Waals surface area contributed by atoms with Gasteiger partial charge < -0.3 is 10.2 Å². The zero-order chi connectivity index (χ0) is 15.1. The summed E-state index contributed by atoms with van der Waals surface area (Å²) in [7, 11) is 0. The first kappa shape index (κ1) is 17.2. The van der Waals surface area contributed by atoms with Crippen molar-refractivity contribution in [2.24, 2.45) is 0 Å². The molecule has 0 aliphatic rings. The Kier molecular flexibility index (Phi) is 7.25. The summed E-state index contributed by atoms with van der Waals surface area (Å²) < 4.78 is 0. The fourth-order valence-electron chi connectivity index (χ4n) is 3.14. The van der Waals surface area contributed by atoms with E-state index in [2.05, 4.69) is 63.9 Å². The Morgan fingerprint density at radius 1 is 1.05 bits per heavy atom. The molecule has 0 radical (unpaired) electrons. The number of rotatable bonds is 8. The van der Waals surface area contributed by atoms with Crippen molar-refractivity contribution in [2.75, 3.05) is 26.2 Å². The van der Waals surface area contributed by atoms with Gasteiger partial charge in [-0.25, -0.2) is 0 Å². The smallest absolute Gasteiger partial charge is 0.0297 e. The average molecular weight is 276 g/mol. The molecule has 114 valence electrons. The Morgan fingerprint density at radius 3 is 2.10 bits per heavy atom. The summed E-state index contributed by atoms with van der Waals surface area (Å²) >= 11 is 0. The van der Waals surface area contributed by atoms with E-state index in [1.165, 1.54) is 35.2 Å². The quantitative estimate of drug-likeness (QED) is 0.722. The Bertz CT molecular complexity index is 385. The van der Waals surface area contributed by atoms with Crippen molar-refractivity contribution in [3.63, 3.8) is 0 Å². The summed E-state index contributed by atoms with van der Waals surface area (Å²) in [4.78, 5) is 2.48. The van der Waals surface area contributed by atoms with Crippen LogP contribution >= 0.6 is 0 Å². The van der Waals surface area contributed by atoms with Gasteiger partial charge in [0.1, 0.15) is 0 Å². The summed E-state index contributed by atoms with van der Waals surface area (Å²) in [6.45, 7) is 18.0. The van der Waals surface area contributed by atoms with E-state index in [0.717, 1.165) is 19.6 Å². The fourth-order valence-corrected chi connectivity index (χ4v) is 3.14. The first-order chi connectivity index (χ1) is 9.49. The Hall–Kier alpha value is -0.860. The lowest BCUT2D eigenvalue weighted by Gasteiger charge is -2.21. The van der Waals surface area contributed by atoms with Gasteiger partial charge in [-0.1, -0.05) is 31.5 Å². The van der Waals surface area contributed by atoms with Crippen LogP contribution in [0.3, 0.4) is 0 Å². The molecule has 0 aliphatic carbocycles.